The minimum atomic E-state index is -0.415. The molecule has 15 heavy (non-hydrogen) atoms. The van der Waals surface area contributed by atoms with E-state index in [1.165, 1.54) is 0 Å². The molecule has 88 valence electrons. The van der Waals surface area contributed by atoms with Crippen molar-refractivity contribution in [3.8, 4) is 0 Å². The van der Waals surface area contributed by atoms with E-state index in [2.05, 4.69) is 17.6 Å². The number of amides is 1. The number of nitrogens with one attached hydrogen (secondary N) is 2. The third kappa shape index (κ3) is 4.08. The van der Waals surface area contributed by atoms with Gasteiger partial charge in [-0.3, -0.25) is 0 Å². The van der Waals surface area contributed by atoms with Crippen LogP contribution in [0.4, 0.5) is 4.79 Å². The van der Waals surface area contributed by atoms with E-state index in [1.54, 1.807) is 0 Å². The van der Waals surface area contributed by atoms with Gasteiger partial charge in [0, 0.05) is 12.1 Å². The molecule has 4 nitrogen and oxygen atoms in total. The molecular weight excluding hydrogens is 192 g/mol. The summed E-state index contributed by atoms with van der Waals surface area (Å²) in [6.45, 7) is 8.62. The van der Waals surface area contributed by atoms with Gasteiger partial charge < -0.3 is 15.4 Å². The van der Waals surface area contributed by atoms with Gasteiger partial charge in [0.15, 0.2) is 0 Å². The molecule has 1 aliphatic carbocycles. The van der Waals surface area contributed by atoms with Crippen molar-refractivity contribution >= 4 is 6.09 Å². The van der Waals surface area contributed by atoms with E-state index < -0.39 is 5.60 Å². The lowest BCUT2D eigenvalue weighted by Crippen LogP contribution is -2.57. The first-order valence-electron chi connectivity index (χ1n) is 5.65. The lowest BCUT2D eigenvalue weighted by Gasteiger charge is -2.37. The van der Waals surface area contributed by atoms with Crippen LogP contribution < -0.4 is 10.6 Å². The highest BCUT2D eigenvalue weighted by molar-refractivity contribution is 5.68. The highest BCUT2D eigenvalue weighted by Crippen LogP contribution is 2.20. The van der Waals surface area contributed by atoms with E-state index in [1.807, 2.05) is 20.8 Å². The summed E-state index contributed by atoms with van der Waals surface area (Å²) in [6, 6.07) is 0.655. The van der Waals surface area contributed by atoms with Crippen LogP contribution in [0.25, 0.3) is 0 Å². The van der Waals surface area contributed by atoms with Crippen molar-refractivity contribution in [2.45, 2.75) is 58.2 Å². The van der Waals surface area contributed by atoms with Crippen molar-refractivity contribution in [1.29, 1.82) is 0 Å². The van der Waals surface area contributed by atoms with Gasteiger partial charge in [-0.25, -0.2) is 4.79 Å². The second-order valence-corrected chi connectivity index (χ2v) is 4.99. The maximum atomic E-state index is 11.5. The van der Waals surface area contributed by atoms with Gasteiger partial charge in [-0.05, 0) is 40.2 Å². The summed E-state index contributed by atoms with van der Waals surface area (Å²) in [5.41, 5.74) is -0.415. The predicted octanol–water partition coefficient (Wildman–Crippen LogP) is 1.65. The van der Waals surface area contributed by atoms with E-state index in [4.69, 9.17) is 4.74 Å². The van der Waals surface area contributed by atoms with E-state index in [9.17, 15) is 4.79 Å². The third-order valence-corrected chi connectivity index (χ3v) is 2.44. The fourth-order valence-electron chi connectivity index (χ4n) is 1.64. The molecule has 0 heterocycles. The summed E-state index contributed by atoms with van der Waals surface area (Å²) in [5, 5.41) is 6.21. The Labute approximate surface area is 91.8 Å². The first-order valence-corrected chi connectivity index (χ1v) is 5.65. The van der Waals surface area contributed by atoms with Crippen molar-refractivity contribution in [1.82, 2.24) is 10.6 Å². The lowest BCUT2D eigenvalue weighted by atomic mass is 9.86. The molecule has 0 aromatic heterocycles. The van der Waals surface area contributed by atoms with Crippen LogP contribution in [-0.2, 0) is 4.74 Å². The van der Waals surface area contributed by atoms with Crippen LogP contribution in [0.1, 0.15) is 40.5 Å². The van der Waals surface area contributed by atoms with Crippen molar-refractivity contribution in [2.75, 3.05) is 6.54 Å². The standard InChI is InChI=1S/C11H22N2O2/c1-5-12-8-6-7-9(8)13-10(14)15-11(2,3)4/h8-9,12H,5-7H2,1-4H3,(H,13,14)/t8-,9-/m0/s1. The largest absolute Gasteiger partial charge is 0.444 e. The summed E-state index contributed by atoms with van der Waals surface area (Å²) in [7, 11) is 0. The van der Waals surface area contributed by atoms with Crippen molar-refractivity contribution in [3.05, 3.63) is 0 Å². The molecule has 4 heteroatoms. The molecule has 0 unspecified atom stereocenters. The second-order valence-electron chi connectivity index (χ2n) is 4.99. The minimum absolute atomic E-state index is 0.236. The summed E-state index contributed by atoms with van der Waals surface area (Å²) in [5.74, 6) is 0. The van der Waals surface area contributed by atoms with Gasteiger partial charge in [-0.1, -0.05) is 6.92 Å². The molecule has 0 aromatic rings. The number of hydrogen-bond acceptors (Lipinski definition) is 3. The summed E-state index contributed by atoms with van der Waals surface area (Å²) in [6.07, 6.45) is 1.86. The Morgan fingerprint density at radius 2 is 1.93 bits per heavy atom. The number of likely N-dealkylation sites (N-methyl/N-ethyl adjacent to an activating group) is 1. The van der Waals surface area contributed by atoms with Crippen LogP contribution in [0.3, 0.4) is 0 Å². The summed E-state index contributed by atoms with van der Waals surface area (Å²) >= 11 is 0. The molecule has 0 aromatic carbocycles. The number of carbonyl (C=O) groups excluding carboxylic acids is 1. The molecule has 0 bridgehead atoms. The van der Waals surface area contributed by atoms with Crippen molar-refractivity contribution < 1.29 is 9.53 Å². The Kier molecular flexibility index (Phi) is 3.97. The predicted molar refractivity (Wildman–Crippen MR) is 59.9 cm³/mol. The van der Waals surface area contributed by atoms with Crippen LogP contribution in [0.5, 0.6) is 0 Å². The van der Waals surface area contributed by atoms with E-state index in [0.29, 0.717) is 6.04 Å². The van der Waals surface area contributed by atoms with Gasteiger partial charge in [0.25, 0.3) is 0 Å². The van der Waals surface area contributed by atoms with Gasteiger partial charge in [0.2, 0.25) is 0 Å². The number of alkyl carbamates (subject to hydrolysis) is 1. The third-order valence-electron chi connectivity index (χ3n) is 2.44. The van der Waals surface area contributed by atoms with Crippen molar-refractivity contribution in [2.24, 2.45) is 0 Å². The molecule has 1 saturated carbocycles. The van der Waals surface area contributed by atoms with Gasteiger partial charge in [-0.15, -0.1) is 0 Å². The highest BCUT2D eigenvalue weighted by atomic mass is 16.6. The quantitative estimate of drug-likeness (QED) is 0.751. The second kappa shape index (κ2) is 4.84. The van der Waals surface area contributed by atoms with Crippen LogP contribution >= 0.6 is 0 Å². The topological polar surface area (TPSA) is 50.4 Å². The minimum Gasteiger partial charge on any atom is -0.444 e. The monoisotopic (exact) mass is 214 g/mol. The van der Waals surface area contributed by atoms with Gasteiger partial charge in [0.1, 0.15) is 5.60 Å². The van der Waals surface area contributed by atoms with Gasteiger partial charge in [0.05, 0.1) is 0 Å². The van der Waals surface area contributed by atoms with Crippen LogP contribution in [0, 0.1) is 0 Å². The summed E-state index contributed by atoms with van der Waals surface area (Å²) in [4.78, 5) is 11.5. The average Bonchev–Trinajstić information content (AvgIpc) is 2.06. The SMILES string of the molecule is CCN[C@H]1CC[C@@H]1NC(=O)OC(C)(C)C. The molecule has 0 aliphatic heterocycles. The first-order chi connectivity index (χ1) is 6.92. The average molecular weight is 214 g/mol. The zero-order valence-electron chi connectivity index (χ0n) is 10.1. The molecular formula is C11H22N2O2. The molecule has 0 spiro atoms. The maximum Gasteiger partial charge on any atom is 0.407 e. The first kappa shape index (κ1) is 12.3. The fourth-order valence-corrected chi connectivity index (χ4v) is 1.64. The highest BCUT2D eigenvalue weighted by Gasteiger charge is 2.32. The molecule has 1 fully saturated rings. The Balaban J connectivity index is 2.27. The van der Waals surface area contributed by atoms with Crippen LogP contribution in [0.2, 0.25) is 0 Å². The number of carbonyl (C=O) groups is 1. The normalized spacial score (nSPS) is 25.6. The Morgan fingerprint density at radius 3 is 2.33 bits per heavy atom. The molecule has 1 rings (SSSR count). The molecule has 2 atom stereocenters. The molecule has 0 saturated heterocycles. The van der Waals surface area contributed by atoms with E-state index in [-0.39, 0.29) is 12.1 Å². The molecule has 2 N–H and O–H groups in total. The number of ether oxygens (including phenoxy) is 1. The van der Waals surface area contributed by atoms with Crippen LogP contribution in [0.15, 0.2) is 0 Å². The number of rotatable bonds is 3. The smallest absolute Gasteiger partial charge is 0.407 e. The van der Waals surface area contributed by atoms with E-state index >= 15 is 0 Å². The van der Waals surface area contributed by atoms with Crippen LogP contribution in [-0.4, -0.2) is 30.3 Å². The zero-order chi connectivity index (χ0) is 11.5. The Bertz CT molecular complexity index is 223. The fraction of sp³-hybridized carbons (Fsp3) is 0.909. The number of hydrogen-bond donors (Lipinski definition) is 2. The maximum absolute atomic E-state index is 11.5. The van der Waals surface area contributed by atoms with Crippen molar-refractivity contribution in [3.63, 3.8) is 0 Å². The van der Waals surface area contributed by atoms with Gasteiger partial charge in [-0.2, -0.15) is 0 Å². The zero-order valence-corrected chi connectivity index (χ0v) is 10.1. The summed E-state index contributed by atoms with van der Waals surface area (Å²) < 4.78 is 5.19. The Hall–Kier alpha value is -0.770. The molecule has 1 amide bonds. The lowest BCUT2D eigenvalue weighted by molar-refractivity contribution is 0.0457. The van der Waals surface area contributed by atoms with E-state index in [0.717, 1.165) is 19.4 Å². The Morgan fingerprint density at radius 1 is 1.33 bits per heavy atom. The molecule has 0 radical (unpaired) electrons. The van der Waals surface area contributed by atoms with Gasteiger partial charge >= 0.3 is 6.09 Å². The molecule has 1 aliphatic rings.